The van der Waals surface area contributed by atoms with E-state index in [1.165, 1.54) is 7.11 Å². The van der Waals surface area contributed by atoms with Crippen LogP contribution >= 0.6 is 23.2 Å². The lowest BCUT2D eigenvalue weighted by Crippen LogP contribution is -2.64. The van der Waals surface area contributed by atoms with Crippen molar-refractivity contribution in [3.8, 4) is 5.75 Å². The Labute approximate surface area is 205 Å². The summed E-state index contributed by atoms with van der Waals surface area (Å²) in [6.07, 6.45) is -4.20. The van der Waals surface area contributed by atoms with E-state index in [4.69, 9.17) is 32.7 Å². The average molecular weight is 511 g/mol. The Bertz CT molecular complexity index is 1180. The van der Waals surface area contributed by atoms with Crippen LogP contribution in [0.3, 0.4) is 0 Å². The average Bonchev–Trinajstić information content (AvgIpc) is 3.15. The van der Waals surface area contributed by atoms with Gasteiger partial charge in [0.25, 0.3) is 5.91 Å². The van der Waals surface area contributed by atoms with Crippen molar-refractivity contribution in [2.75, 3.05) is 13.7 Å². The largest absolute Gasteiger partial charge is 0.497 e. The van der Waals surface area contributed by atoms with Crippen molar-refractivity contribution < 1.29 is 34.7 Å². The number of carbonyl (C=O) groups excluding carboxylic acids is 1. The smallest absolute Gasteiger partial charge is 0.253 e. The molecule has 2 heterocycles. The molecule has 1 amide bonds. The quantitative estimate of drug-likeness (QED) is 0.339. The highest BCUT2D eigenvalue weighted by molar-refractivity contribution is 6.34. The molecule has 0 aliphatic carbocycles. The third-order valence-corrected chi connectivity index (χ3v) is 6.24. The van der Waals surface area contributed by atoms with E-state index in [1.807, 2.05) is 4.57 Å². The Morgan fingerprint density at radius 2 is 1.82 bits per heavy atom. The second-order valence-corrected chi connectivity index (χ2v) is 8.93. The van der Waals surface area contributed by atoms with Gasteiger partial charge in [0.05, 0.1) is 24.8 Å². The first kappa shape index (κ1) is 24.7. The third kappa shape index (κ3) is 4.87. The molecule has 1 aliphatic heterocycles. The molecule has 0 spiro atoms. The minimum absolute atomic E-state index is 0.268. The zero-order valence-electron chi connectivity index (χ0n) is 18.1. The number of aromatic nitrogens is 1. The van der Waals surface area contributed by atoms with Crippen LogP contribution in [0.15, 0.2) is 42.6 Å². The van der Waals surface area contributed by atoms with Gasteiger partial charge in [-0.15, -0.1) is 0 Å². The number of nitrogens with one attached hydrogen (secondary N) is 1. The zero-order valence-corrected chi connectivity index (χ0v) is 19.6. The maximum Gasteiger partial charge on any atom is 0.253 e. The summed E-state index contributed by atoms with van der Waals surface area (Å²) >= 11 is 12.3. The molecule has 1 saturated heterocycles. The number of benzene rings is 2. The van der Waals surface area contributed by atoms with Gasteiger partial charge in [-0.25, -0.2) is 0 Å². The molecule has 0 radical (unpaired) electrons. The second kappa shape index (κ2) is 10.1. The van der Waals surface area contributed by atoms with Gasteiger partial charge in [0.15, 0.2) is 6.29 Å². The van der Waals surface area contributed by atoms with E-state index in [1.54, 1.807) is 42.6 Å². The standard InChI is InChI=1S/C23H24Cl2N2O7/c1-33-14-2-3-15-16(22(31)26-19-21(30)20(29)18(10-28)34-23(19)32)9-27(17(15)7-14)8-11-4-12(24)6-13(25)5-11/h2-7,9,18-21,23,28-30,32H,8,10H2,1H3,(H,26,31)/t18?,19-,20-,21?,23?/m1/s1. The van der Waals surface area contributed by atoms with Gasteiger partial charge in [-0.05, 0) is 35.9 Å². The number of halogens is 2. The van der Waals surface area contributed by atoms with E-state index in [2.05, 4.69) is 5.32 Å². The van der Waals surface area contributed by atoms with E-state index in [0.717, 1.165) is 5.56 Å². The molecule has 5 atom stereocenters. The van der Waals surface area contributed by atoms with Crippen molar-refractivity contribution in [1.82, 2.24) is 9.88 Å². The van der Waals surface area contributed by atoms with Crippen LogP contribution in [0, 0.1) is 0 Å². The normalized spacial score (nSPS) is 24.9. The molecule has 1 aliphatic rings. The number of hydrogen-bond donors (Lipinski definition) is 5. The number of ether oxygens (including phenoxy) is 2. The molecule has 3 unspecified atom stereocenters. The molecule has 182 valence electrons. The summed E-state index contributed by atoms with van der Waals surface area (Å²) in [7, 11) is 1.54. The first-order valence-electron chi connectivity index (χ1n) is 10.4. The number of carbonyl (C=O) groups is 1. The van der Waals surface area contributed by atoms with E-state index < -0.39 is 43.2 Å². The van der Waals surface area contributed by atoms with E-state index in [-0.39, 0.29) is 5.56 Å². The number of rotatable bonds is 6. The molecule has 0 saturated carbocycles. The summed E-state index contributed by atoms with van der Waals surface area (Å²) in [5.41, 5.74) is 1.78. The summed E-state index contributed by atoms with van der Waals surface area (Å²) in [6.45, 7) is -0.245. The maximum absolute atomic E-state index is 13.2. The molecule has 1 aromatic heterocycles. The van der Waals surface area contributed by atoms with Crippen molar-refractivity contribution in [3.63, 3.8) is 0 Å². The number of nitrogens with zero attached hydrogens (tertiary/aromatic N) is 1. The van der Waals surface area contributed by atoms with Crippen LogP contribution in [0.1, 0.15) is 15.9 Å². The number of aliphatic hydroxyl groups is 4. The van der Waals surface area contributed by atoms with Crippen LogP contribution in [-0.4, -0.2) is 75.3 Å². The lowest BCUT2D eigenvalue weighted by Gasteiger charge is -2.40. The van der Waals surface area contributed by atoms with Gasteiger partial charge in [-0.3, -0.25) is 4.79 Å². The first-order valence-corrected chi connectivity index (χ1v) is 11.2. The number of hydrogen-bond acceptors (Lipinski definition) is 7. The molecule has 34 heavy (non-hydrogen) atoms. The maximum atomic E-state index is 13.2. The van der Waals surface area contributed by atoms with Crippen molar-refractivity contribution in [2.24, 2.45) is 0 Å². The third-order valence-electron chi connectivity index (χ3n) is 5.81. The zero-order chi connectivity index (χ0) is 24.6. The SMILES string of the molecule is COc1ccc2c(C(=O)N[C@H]3C(O)OC(CO)[C@@H](O)C3O)cn(Cc3cc(Cl)cc(Cl)c3)c2c1. The highest BCUT2D eigenvalue weighted by Gasteiger charge is 2.44. The minimum Gasteiger partial charge on any atom is -0.497 e. The fraction of sp³-hybridized carbons (Fsp3) is 0.348. The predicted octanol–water partition coefficient (Wildman–Crippen LogP) is 1.53. The molecular formula is C23H24Cl2N2O7. The lowest BCUT2D eigenvalue weighted by molar-refractivity contribution is -0.252. The van der Waals surface area contributed by atoms with Crippen molar-refractivity contribution in [2.45, 2.75) is 37.2 Å². The van der Waals surface area contributed by atoms with Gasteiger partial charge in [0.1, 0.15) is 30.1 Å². The highest BCUT2D eigenvalue weighted by Crippen LogP contribution is 2.29. The predicted molar refractivity (Wildman–Crippen MR) is 125 cm³/mol. The molecule has 3 aromatic rings. The van der Waals surface area contributed by atoms with Gasteiger partial charge < -0.3 is 39.8 Å². The Morgan fingerprint density at radius 3 is 2.47 bits per heavy atom. The van der Waals surface area contributed by atoms with Gasteiger partial charge in [0, 0.05) is 34.2 Å². The number of aliphatic hydroxyl groups excluding tert-OH is 4. The van der Waals surface area contributed by atoms with Crippen molar-refractivity contribution in [1.29, 1.82) is 0 Å². The molecule has 4 rings (SSSR count). The molecule has 1 fully saturated rings. The van der Waals surface area contributed by atoms with Crippen LogP contribution in [0.2, 0.25) is 10.0 Å². The Kier molecular flexibility index (Phi) is 7.34. The highest BCUT2D eigenvalue weighted by atomic mass is 35.5. The van der Waals surface area contributed by atoms with Crippen molar-refractivity contribution >= 4 is 40.0 Å². The summed E-state index contributed by atoms with van der Waals surface area (Å²) in [4.78, 5) is 13.2. The second-order valence-electron chi connectivity index (χ2n) is 8.06. The van der Waals surface area contributed by atoms with Crippen LogP contribution in [-0.2, 0) is 11.3 Å². The summed E-state index contributed by atoms with van der Waals surface area (Å²) < 4.78 is 12.3. The van der Waals surface area contributed by atoms with Crippen molar-refractivity contribution in [3.05, 3.63) is 63.8 Å². The van der Waals surface area contributed by atoms with Gasteiger partial charge in [-0.2, -0.15) is 0 Å². The molecular weight excluding hydrogens is 487 g/mol. The number of methoxy groups -OCH3 is 1. The summed E-state index contributed by atoms with van der Waals surface area (Å²) in [6, 6.07) is 9.07. The Balaban J connectivity index is 1.67. The van der Waals surface area contributed by atoms with Gasteiger partial charge in [0.2, 0.25) is 0 Å². The topological polar surface area (TPSA) is 133 Å². The Hall–Kier alpha value is -2.37. The molecule has 11 heteroatoms. The van der Waals surface area contributed by atoms with E-state index >= 15 is 0 Å². The molecule has 9 nitrogen and oxygen atoms in total. The summed E-state index contributed by atoms with van der Waals surface area (Å²) in [5.74, 6) is -0.00739. The lowest BCUT2D eigenvalue weighted by atomic mass is 9.96. The number of fused-ring (bicyclic) bond motifs is 1. The van der Waals surface area contributed by atoms with E-state index in [0.29, 0.717) is 33.2 Å². The monoisotopic (exact) mass is 510 g/mol. The fourth-order valence-corrected chi connectivity index (χ4v) is 4.66. The fourth-order valence-electron chi connectivity index (χ4n) is 4.09. The van der Waals surface area contributed by atoms with E-state index in [9.17, 15) is 25.2 Å². The number of amides is 1. The van der Waals surface area contributed by atoms with Crippen LogP contribution in [0.5, 0.6) is 5.75 Å². The van der Waals surface area contributed by atoms with Crippen LogP contribution in [0.4, 0.5) is 0 Å². The van der Waals surface area contributed by atoms with Gasteiger partial charge in [-0.1, -0.05) is 23.2 Å². The van der Waals surface area contributed by atoms with Crippen LogP contribution < -0.4 is 10.1 Å². The minimum atomic E-state index is -1.62. The first-order chi connectivity index (χ1) is 16.2. The molecule has 5 N–H and O–H groups in total. The Morgan fingerprint density at radius 1 is 1.12 bits per heavy atom. The summed E-state index contributed by atoms with van der Waals surface area (Å²) in [5, 5.41) is 44.0. The molecule has 0 bridgehead atoms. The van der Waals surface area contributed by atoms with Crippen LogP contribution in [0.25, 0.3) is 10.9 Å². The van der Waals surface area contributed by atoms with Gasteiger partial charge >= 0.3 is 0 Å². The molecule has 2 aromatic carbocycles.